The summed E-state index contributed by atoms with van der Waals surface area (Å²) < 4.78 is 33.2. The van der Waals surface area contributed by atoms with Crippen LogP contribution in [-0.2, 0) is 21.2 Å². The van der Waals surface area contributed by atoms with Crippen LogP contribution in [0, 0.1) is 20.8 Å². The first-order valence-corrected chi connectivity index (χ1v) is 9.88. The molecule has 0 radical (unpaired) electrons. The molecule has 0 aromatic heterocycles. The Kier molecular flexibility index (Phi) is 5.02. The highest BCUT2D eigenvalue weighted by Gasteiger charge is 2.21. The third kappa shape index (κ3) is 3.73. The summed E-state index contributed by atoms with van der Waals surface area (Å²) in [4.78, 5) is 11.5. The maximum atomic E-state index is 12.4. The van der Waals surface area contributed by atoms with Crippen molar-refractivity contribution < 1.29 is 17.9 Å². The second kappa shape index (κ2) is 7.09. The van der Waals surface area contributed by atoms with Crippen molar-refractivity contribution in [2.75, 3.05) is 18.5 Å². The van der Waals surface area contributed by atoms with Gasteiger partial charge in [0, 0.05) is 12.2 Å². The predicted molar refractivity (Wildman–Crippen MR) is 100 cm³/mol. The first kappa shape index (κ1) is 18.4. The monoisotopic (exact) mass is 374 g/mol. The molecular formula is C19H22N2O4S. The number of hydrogen-bond acceptors (Lipinski definition) is 4. The molecule has 26 heavy (non-hydrogen) atoms. The van der Waals surface area contributed by atoms with Gasteiger partial charge in [-0.1, -0.05) is 12.1 Å². The van der Waals surface area contributed by atoms with E-state index < -0.39 is 10.0 Å². The fraction of sp³-hybridized carbons (Fsp3) is 0.316. The molecule has 138 valence electrons. The largest absolute Gasteiger partial charge is 0.492 e. The van der Waals surface area contributed by atoms with Crippen LogP contribution in [0.2, 0.25) is 0 Å². The van der Waals surface area contributed by atoms with Crippen LogP contribution in [0.5, 0.6) is 5.75 Å². The standard InChI is InChI=1S/C19H22N2O4S/c1-12-4-5-13(2)19(14(12)3)25-9-8-20-26(23,24)16-6-7-17-15(10-16)11-18(22)21-17/h4-7,10,20H,8-9,11H2,1-3H3,(H,21,22). The quantitative estimate of drug-likeness (QED) is 0.761. The number of benzene rings is 2. The minimum Gasteiger partial charge on any atom is -0.492 e. The van der Waals surface area contributed by atoms with Gasteiger partial charge in [0.05, 0.1) is 11.3 Å². The molecule has 2 aromatic carbocycles. The highest BCUT2D eigenvalue weighted by atomic mass is 32.2. The van der Waals surface area contributed by atoms with Gasteiger partial charge in [-0.2, -0.15) is 0 Å². The van der Waals surface area contributed by atoms with Crippen molar-refractivity contribution in [3.63, 3.8) is 0 Å². The number of amides is 1. The molecular weight excluding hydrogens is 352 g/mol. The van der Waals surface area contributed by atoms with Crippen molar-refractivity contribution in [2.45, 2.75) is 32.1 Å². The van der Waals surface area contributed by atoms with Gasteiger partial charge in [0.15, 0.2) is 0 Å². The van der Waals surface area contributed by atoms with E-state index in [9.17, 15) is 13.2 Å². The Balaban J connectivity index is 1.62. The lowest BCUT2D eigenvalue weighted by atomic mass is 10.1. The molecule has 0 unspecified atom stereocenters. The number of nitrogens with one attached hydrogen (secondary N) is 2. The summed E-state index contributed by atoms with van der Waals surface area (Å²) in [5, 5.41) is 2.69. The summed E-state index contributed by atoms with van der Waals surface area (Å²) in [6.07, 6.45) is 0.202. The molecule has 0 fully saturated rings. The lowest BCUT2D eigenvalue weighted by molar-refractivity contribution is -0.115. The van der Waals surface area contributed by atoms with Gasteiger partial charge < -0.3 is 10.1 Å². The van der Waals surface area contributed by atoms with E-state index in [0.29, 0.717) is 11.3 Å². The molecule has 3 rings (SSSR count). The molecule has 6 nitrogen and oxygen atoms in total. The van der Waals surface area contributed by atoms with Gasteiger partial charge in [0.2, 0.25) is 15.9 Å². The van der Waals surface area contributed by atoms with E-state index in [4.69, 9.17) is 4.74 Å². The van der Waals surface area contributed by atoms with Crippen LogP contribution in [0.4, 0.5) is 5.69 Å². The molecule has 0 saturated carbocycles. The molecule has 0 spiro atoms. The number of hydrogen-bond donors (Lipinski definition) is 2. The van der Waals surface area contributed by atoms with Crippen molar-refractivity contribution in [3.8, 4) is 5.75 Å². The third-order valence-electron chi connectivity index (χ3n) is 4.53. The predicted octanol–water partition coefficient (Wildman–Crippen LogP) is 2.46. The van der Waals surface area contributed by atoms with E-state index in [-0.39, 0.29) is 30.4 Å². The van der Waals surface area contributed by atoms with Crippen LogP contribution >= 0.6 is 0 Å². The molecule has 7 heteroatoms. The second-order valence-corrected chi connectivity index (χ2v) is 8.21. The van der Waals surface area contributed by atoms with Gasteiger partial charge in [-0.25, -0.2) is 13.1 Å². The summed E-state index contributed by atoms with van der Waals surface area (Å²) in [5.41, 5.74) is 4.57. The summed E-state index contributed by atoms with van der Waals surface area (Å²) >= 11 is 0. The number of carbonyl (C=O) groups excluding carboxylic acids is 1. The number of rotatable bonds is 6. The Morgan fingerprint density at radius 3 is 2.62 bits per heavy atom. The van der Waals surface area contributed by atoms with Gasteiger partial charge in [-0.3, -0.25) is 4.79 Å². The van der Waals surface area contributed by atoms with Crippen molar-refractivity contribution in [2.24, 2.45) is 0 Å². The molecule has 2 aromatic rings. The lowest BCUT2D eigenvalue weighted by Crippen LogP contribution is -2.28. The van der Waals surface area contributed by atoms with Crippen LogP contribution in [0.1, 0.15) is 22.3 Å². The molecule has 1 aliphatic rings. The summed E-state index contributed by atoms with van der Waals surface area (Å²) in [7, 11) is -3.65. The summed E-state index contributed by atoms with van der Waals surface area (Å²) in [5.74, 6) is 0.672. The fourth-order valence-electron chi connectivity index (χ4n) is 2.93. The molecule has 1 aliphatic heterocycles. The Labute approximate surface area is 153 Å². The Morgan fingerprint density at radius 2 is 1.85 bits per heavy atom. The molecule has 1 heterocycles. The van der Waals surface area contributed by atoms with Crippen molar-refractivity contribution >= 4 is 21.6 Å². The fourth-order valence-corrected chi connectivity index (χ4v) is 4.00. The number of anilines is 1. The Morgan fingerprint density at radius 1 is 1.12 bits per heavy atom. The molecule has 2 N–H and O–H groups in total. The third-order valence-corrected chi connectivity index (χ3v) is 5.98. The molecule has 1 amide bonds. The van der Waals surface area contributed by atoms with E-state index in [1.807, 2.05) is 32.9 Å². The Bertz CT molecular complexity index is 968. The van der Waals surface area contributed by atoms with Gasteiger partial charge in [-0.05, 0) is 61.2 Å². The smallest absolute Gasteiger partial charge is 0.240 e. The van der Waals surface area contributed by atoms with E-state index in [2.05, 4.69) is 10.0 Å². The van der Waals surface area contributed by atoms with Crippen LogP contribution in [-0.4, -0.2) is 27.5 Å². The number of aryl methyl sites for hydroxylation is 2. The SMILES string of the molecule is Cc1ccc(C)c(OCCNS(=O)(=O)c2ccc3c(c2)CC(=O)N3)c1C. The first-order chi connectivity index (χ1) is 12.3. The van der Waals surface area contributed by atoms with Gasteiger partial charge in [-0.15, -0.1) is 0 Å². The maximum Gasteiger partial charge on any atom is 0.240 e. The minimum absolute atomic E-state index is 0.125. The molecule has 0 saturated heterocycles. The van der Waals surface area contributed by atoms with Crippen LogP contribution in [0.15, 0.2) is 35.2 Å². The zero-order valence-corrected chi connectivity index (χ0v) is 15.9. The first-order valence-electron chi connectivity index (χ1n) is 8.40. The normalized spacial score (nSPS) is 13.4. The van der Waals surface area contributed by atoms with Crippen molar-refractivity contribution in [1.82, 2.24) is 4.72 Å². The maximum absolute atomic E-state index is 12.4. The number of carbonyl (C=O) groups is 1. The van der Waals surface area contributed by atoms with Gasteiger partial charge >= 0.3 is 0 Å². The van der Waals surface area contributed by atoms with E-state index in [0.717, 1.165) is 22.4 Å². The van der Waals surface area contributed by atoms with Gasteiger partial charge in [0.25, 0.3) is 0 Å². The lowest BCUT2D eigenvalue weighted by Gasteiger charge is -2.14. The van der Waals surface area contributed by atoms with E-state index in [1.165, 1.54) is 12.1 Å². The summed E-state index contributed by atoms with van der Waals surface area (Å²) in [6, 6.07) is 8.66. The van der Waals surface area contributed by atoms with Crippen LogP contribution in [0.25, 0.3) is 0 Å². The van der Waals surface area contributed by atoms with Crippen molar-refractivity contribution in [3.05, 3.63) is 52.6 Å². The second-order valence-electron chi connectivity index (χ2n) is 6.44. The average molecular weight is 374 g/mol. The van der Waals surface area contributed by atoms with Crippen LogP contribution < -0.4 is 14.8 Å². The zero-order valence-electron chi connectivity index (χ0n) is 15.0. The topological polar surface area (TPSA) is 84.5 Å². The van der Waals surface area contributed by atoms with Crippen LogP contribution in [0.3, 0.4) is 0 Å². The number of fused-ring (bicyclic) bond motifs is 1. The van der Waals surface area contributed by atoms with Gasteiger partial charge in [0.1, 0.15) is 12.4 Å². The molecule has 0 aliphatic carbocycles. The summed E-state index contributed by atoms with van der Waals surface area (Å²) in [6.45, 7) is 6.35. The van der Waals surface area contributed by atoms with E-state index in [1.54, 1.807) is 6.07 Å². The highest BCUT2D eigenvalue weighted by molar-refractivity contribution is 7.89. The Hall–Kier alpha value is -2.38. The highest BCUT2D eigenvalue weighted by Crippen LogP contribution is 2.26. The minimum atomic E-state index is -3.65. The molecule has 0 atom stereocenters. The number of sulfonamides is 1. The number of ether oxygens (including phenoxy) is 1. The zero-order chi connectivity index (χ0) is 18.9. The van der Waals surface area contributed by atoms with Crippen molar-refractivity contribution in [1.29, 1.82) is 0 Å². The van der Waals surface area contributed by atoms with E-state index >= 15 is 0 Å². The average Bonchev–Trinajstić information content (AvgIpc) is 2.96. The molecule has 0 bridgehead atoms.